The van der Waals surface area contributed by atoms with Gasteiger partial charge in [-0.3, -0.25) is 4.79 Å². The van der Waals surface area contributed by atoms with E-state index in [9.17, 15) is 9.18 Å². The first-order valence-electron chi connectivity index (χ1n) is 10.7. The number of carbonyl (C=O) groups excluding carboxylic acids is 1. The zero-order valence-electron chi connectivity index (χ0n) is 16.3. The number of nitrogens with one attached hydrogen (secondary N) is 2. The quantitative estimate of drug-likeness (QED) is 0.645. The molecule has 2 N–H and O–H groups in total. The van der Waals surface area contributed by atoms with Crippen molar-refractivity contribution in [2.75, 3.05) is 0 Å². The first-order chi connectivity index (χ1) is 14.1. The maximum atomic E-state index is 13.8. The van der Waals surface area contributed by atoms with Crippen LogP contribution in [0, 0.1) is 23.6 Å². The zero-order valence-corrected chi connectivity index (χ0v) is 16.3. The summed E-state index contributed by atoms with van der Waals surface area (Å²) in [6, 6.07) is 12.3. The van der Waals surface area contributed by atoms with Crippen molar-refractivity contribution in [3.05, 3.63) is 60.2 Å². The summed E-state index contributed by atoms with van der Waals surface area (Å²) in [5, 5.41) is 3.45. The summed E-state index contributed by atoms with van der Waals surface area (Å²) >= 11 is 0. The van der Waals surface area contributed by atoms with E-state index in [1.54, 1.807) is 6.07 Å². The number of hydrogen-bond donors (Lipinski definition) is 2. The van der Waals surface area contributed by atoms with E-state index in [1.807, 2.05) is 34.9 Å². The minimum atomic E-state index is -0.290. The summed E-state index contributed by atoms with van der Waals surface area (Å²) < 4.78 is 15.7. The molecule has 4 aliphatic rings. The van der Waals surface area contributed by atoms with Gasteiger partial charge in [0.15, 0.2) is 5.52 Å². The number of aromatic nitrogens is 2. The van der Waals surface area contributed by atoms with E-state index in [-0.39, 0.29) is 17.3 Å². The van der Waals surface area contributed by atoms with E-state index in [4.69, 9.17) is 0 Å². The molecule has 4 saturated carbocycles. The SMILES string of the molecule is O=C(NC12CC3CC(CC(C3)C1)C2)c1[nH]c(-c2cccc(F)c2)[n+]2ccccc12. The molecule has 0 unspecified atom stereocenters. The number of nitrogens with zero attached hydrogens (tertiary/aromatic N) is 1. The number of pyridine rings is 1. The molecule has 4 aliphatic carbocycles. The fourth-order valence-corrected chi connectivity index (χ4v) is 6.67. The van der Waals surface area contributed by atoms with Crippen LogP contribution in [0.2, 0.25) is 0 Å². The van der Waals surface area contributed by atoms with Crippen LogP contribution in [0.15, 0.2) is 48.7 Å². The summed E-state index contributed by atoms with van der Waals surface area (Å²) in [5.74, 6) is 2.72. The lowest BCUT2D eigenvalue weighted by Gasteiger charge is -2.56. The van der Waals surface area contributed by atoms with Crippen molar-refractivity contribution in [1.29, 1.82) is 0 Å². The lowest BCUT2D eigenvalue weighted by atomic mass is 9.53. The molecule has 4 fully saturated rings. The number of hydrogen-bond acceptors (Lipinski definition) is 1. The number of carbonyl (C=O) groups is 1. The van der Waals surface area contributed by atoms with Crippen molar-refractivity contribution in [2.24, 2.45) is 17.8 Å². The second-order valence-electron chi connectivity index (χ2n) is 9.47. The minimum absolute atomic E-state index is 0.0399. The predicted octanol–water partition coefficient (Wildman–Crippen LogP) is 4.26. The summed E-state index contributed by atoms with van der Waals surface area (Å²) in [6.45, 7) is 0. The molecule has 0 radical (unpaired) electrons. The molecule has 148 valence electrons. The monoisotopic (exact) mass is 390 g/mol. The Balaban J connectivity index is 1.38. The van der Waals surface area contributed by atoms with Gasteiger partial charge in [0, 0.05) is 5.54 Å². The van der Waals surface area contributed by atoms with Crippen LogP contribution in [0.5, 0.6) is 0 Å². The third-order valence-electron chi connectivity index (χ3n) is 7.34. The van der Waals surface area contributed by atoms with Gasteiger partial charge in [0.05, 0.1) is 11.8 Å². The second-order valence-corrected chi connectivity index (χ2v) is 9.47. The number of benzene rings is 1. The average molecular weight is 390 g/mol. The van der Waals surface area contributed by atoms with E-state index in [0.29, 0.717) is 5.69 Å². The molecule has 0 atom stereocenters. The van der Waals surface area contributed by atoms with Gasteiger partial charge in [-0.1, -0.05) is 12.1 Å². The molecular formula is C24H25FN3O+. The van der Waals surface area contributed by atoms with Gasteiger partial charge in [0.25, 0.3) is 11.7 Å². The largest absolute Gasteiger partial charge is 0.343 e. The molecule has 7 rings (SSSR count). The molecule has 4 nitrogen and oxygen atoms in total. The average Bonchev–Trinajstić information content (AvgIpc) is 3.06. The Morgan fingerprint density at radius 2 is 1.76 bits per heavy atom. The Hall–Kier alpha value is -2.69. The molecule has 0 spiro atoms. The van der Waals surface area contributed by atoms with Gasteiger partial charge < -0.3 is 5.32 Å². The molecule has 1 aromatic carbocycles. The van der Waals surface area contributed by atoms with Crippen molar-refractivity contribution >= 4 is 11.4 Å². The first kappa shape index (κ1) is 17.2. The highest BCUT2D eigenvalue weighted by molar-refractivity contribution is 5.99. The molecule has 0 saturated heterocycles. The Labute approximate surface area is 169 Å². The second kappa shape index (κ2) is 6.15. The third kappa shape index (κ3) is 2.78. The zero-order chi connectivity index (χ0) is 19.6. The molecule has 1 amide bonds. The number of amides is 1. The summed E-state index contributed by atoms with van der Waals surface area (Å²) in [4.78, 5) is 16.7. The minimum Gasteiger partial charge on any atom is -0.343 e. The number of fused-ring (bicyclic) bond motifs is 1. The van der Waals surface area contributed by atoms with Gasteiger partial charge in [0.2, 0.25) is 5.69 Å². The molecule has 0 aliphatic heterocycles. The van der Waals surface area contributed by atoms with Gasteiger partial charge >= 0.3 is 0 Å². The van der Waals surface area contributed by atoms with Crippen LogP contribution in [-0.2, 0) is 0 Å². The number of H-pyrrole nitrogens is 1. The van der Waals surface area contributed by atoms with Crippen LogP contribution in [0.25, 0.3) is 16.9 Å². The van der Waals surface area contributed by atoms with Crippen LogP contribution >= 0.6 is 0 Å². The van der Waals surface area contributed by atoms with Crippen LogP contribution in [-0.4, -0.2) is 16.4 Å². The molecule has 5 heteroatoms. The normalized spacial score (nSPS) is 30.0. The third-order valence-corrected chi connectivity index (χ3v) is 7.34. The number of halogens is 1. The Morgan fingerprint density at radius 1 is 1.03 bits per heavy atom. The highest BCUT2D eigenvalue weighted by atomic mass is 19.1. The summed E-state index contributed by atoms with van der Waals surface area (Å²) in [7, 11) is 0. The molecule has 3 aromatic rings. The summed E-state index contributed by atoms with van der Waals surface area (Å²) in [6.07, 6.45) is 9.31. The fraction of sp³-hybridized carbons (Fsp3) is 0.417. The van der Waals surface area contributed by atoms with Gasteiger partial charge in [-0.25, -0.2) is 9.37 Å². The van der Waals surface area contributed by atoms with Gasteiger partial charge in [-0.15, -0.1) is 0 Å². The number of aromatic amines is 1. The molecule has 2 aromatic heterocycles. The van der Waals surface area contributed by atoms with E-state index >= 15 is 0 Å². The smallest absolute Gasteiger partial charge is 0.296 e. The van der Waals surface area contributed by atoms with Crippen LogP contribution in [0.4, 0.5) is 4.39 Å². The Morgan fingerprint density at radius 3 is 2.45 bits per heavy atom. The van der Waals surface area contributed by atoms with Crippen LogP contribution in [0.3, 0.4) is 0 Å². The predicted molar refractivity (Wildman–Crippen MR) is 108 cm³/mol. The van der Waals surface area contributed by atoms with Gasteiger partial charge in [-0.2, -0.15) is 4.40 Å². The maximum absolute atomic E-state index is 13.8. The van der Waals surface area contributed by atoms with Crippen LogP contribution < -0.4 is 9.72 Å². The number of imidazole rings is 1. The maximum Gasteiger partial charge on any atom is 0.296 e. The van der Waals surface area contributed by atoms with Gasteiger partial charge in [0.1, 0.15) is 5.82 Å². The Bertz CT molecular complexity index is 1080. The first-order valence-corrected chi connectivity index (χ1v) is 10.7. The molecule has 2 heterocycles. The lowest BCUT2D eigenvalue weighted by molar-refractivity contribution is -0.498. The molecule has 4 bridgehead atoms. The van der Waals surface area contributed by atoms with E-state index in [1.165, 1.54) is 31.4 Å². The standard InChI is InChI=1S/C24H24FN3O/c25-19-5-3-4-18(11-19)22-26-21(20-6-1-2-7-28(20)22)23(29)27-24-12-15-8-16(13-24)10-17(9-15)14-24/h1-7,11,15-17H,8-10,12-14H2,(H,27,29)/p+1. The van der Waals surface area contributed by atoms with Crippen molar-refractivity contribution in [1.82, 2.24) is 10.3 Å². The lowest BCUT2D eigenvalue weighted by Crippen LogP contribution is -2.59. The molecule has 29 heavy (non-hydrogen) atoms. The highest BCUT2D eigenvalue weighted by Crippen LogP contribution is 2.55. The van der Waals surface area contributed by atoms with Crippen LogP contribution in [0.1, 0.15) is 49.0 Å². The van der Waals surface area contributed by atoms with Gasteiger partial charge in [-0.05, 0) is 86.6 Å². The number of rotatable bonds is 3. The van der Waals surface area contributed by atoms with Crippen molar-refractivity contribution in [3.63, 3.8) is 0 Å². The fourth-order valence-electron chi connectivity index (χ4n) is 6.67. The van der Waals surface area contributed by atoms with E-state index < -0.39 is 0 Å². The van der Waals surface area contributed by atoms with Crippen molar-refractivity contribution < 1.29 is 13.6 Å². The van der Waals surface area contributed by atoms with E-state index in [0.717, 1.165) is 53.9 Å². The van der Waals surface area contributed by atoms with E-state index in [2.05, 4.69) is 10.3 Å². The highest BCUT2D eigenvalue weighted by Gasteiger charge is 2.52. The summed E-state index contributed by atoms with van der Waals surface area (Å²) in [5.41, 5.74) is 2.05. The van der Waals surface area contributed by atoms with Crippen molar-refractivity contribution in [3.8, 4) is 11.4 Å². The Kier molecular flexibility index (Phi) is 3.65. The topological polar surface area (TPSA) is 49.0 Å². The van der Waals surface area contributed by atoms with Crippen molar-refractivity contribution in [2.45, 2.75) is 44.1 Å². The molecular weight excluding hydrogens is 365 g/mol.